The van der Waals surface area contributed by atoms with E-state index in [2.05, 4.69) is 41.8 Å². The molecule has 0 saturated heterocycles. The average molecular weight is 347 g/mol. The monoisotopic (exact) mass is 347 g/mol. The SMILES string of the molecule is Cc1c(NCc2nc(C(C)(C)C)cs2)cccc1C(=O)NCCO. The molecule has 0 fully saturated rings. The summed E-state index contributed by atoms with van der Waals surface area (Å²) in [6, 6.07) is 5.59. The number of benzene rings is 1. The lowest BCUT2D eigenvalue weighted by Crippen LogP contribution is -2.27. The van der Waals surface area contributed by atoms with Gasteiger partial charge in [0.05, 0.1) is 18.8 Å². The molecule has 1 aromatic heterocycles. The van der Waals surface area contributed by atoms with Crippen molar-refractivity contribution in [2.24, 2.45) is 0 Å². The highest BCUT2D eigenvalue weighted by molar-refractivity contribution is 7.09. The summed E-state index contributed by atoms with van der Waals surface area (Å²) >= 11 is 1.64. The third kappa shape index (κ3) is 4.55. The van der Waals surface area contributed by atoms with E-state index in [1.807, 2.05) is 19.1 Å². The molecule has 3 N–H and O–H groups in total. The number of amides is 1. The first-order valence-corrected chi connectivity index (χ1v) is 8.88. The molecule has 1 heterocycles. The quantitative estimate of drug-likeness (QED) is 0.751. The Kier molecular flexibility index (Phi) is 5.96. The molecular weight excluding hydrogens is 322 g/mol. The Morgan fingerprint density at radius 2 is 2.08 bits per heavy atom. The third-order valence-corrected chi connectivity index (χ3v) is 4.57. The van der Waals surface area contributed by atoms with Gasteiger partial charge in [0.25, 0.3) is 5.91 Å². The molecule has 2 aromatic rings. The van der Waals surface area contributed by atoms with E-state index >= 15 is 0 Å². The summed E-state index contributed by atoms with van der Waals surface area (Å²) in [7, 11) is 0. The molecule has 1 aromatic carbocycles. The van der Waals surface area contributed by atoms with Gasteiger partial charge < -0.3 is 15.7 Å². The second-order valence-electron chi connectivity index (χ2n) is 6.69. The Labute approximate surface area is 147 Å². The van der Waals surface area contributed by atoms with Crippen molar-refractivity contribution in [2.45, 2.75) is 39.7 Å². The molecule has 0 unspecified atom stereocenters. The van der Waals surface area contributed by atoms with Crippen LogP contribution >= 0.6 is 11.3 Å². The van der Waals surface area contributed by atoms with Crippen LogP contribution in [-0.4, -0.2) is 29.1 Å². The number of carbonyl (C=O) groups excluding carboxylic acids is 1. The number of hydrogen-bond acceptors (Lipinski definition) is 5. The van der Waals surface area contributed by atoms with Crippen molar-refractivity contribution < 1.29 is 9.90 Å². The summed E-state index contributed by atoms with van der Waals surface area (Å²) in [5.74, 6) is -0.172. The number of aliphatic hydroxyl groups is 1. The maximum Gasteiger partial charge on any atom is 0.251 e. The van der Waals surface area contributed by atoms with E-state index < -0.39 is 0 Å². The first kappa shape index (κ1) is 18.4. The Balaban J connectivity index is 2.08. The fourth-order valence-corrected chi connectivity index (χ4v) is 3.21. The van der Waals surface area contributed by atoms with Crippen molar-refractivity contribution >= 4 is 22.9 Å². The molecule has 24 heavy (non-hydrogen) atoms. The van der Waals surface area contributed by atoms with Crippen LogP contribution in [0.1, 0.15) is 47.4 Å². The minimum atomic E-state index is -0.172. The van der Waals surface area contributed by atoms with Crippen LogP contribution < -0.4 is 10.6 Å². The summed E-state index contributed by atoms with van der Waals surface area (Å²) in [6.07, 6.45) is 0. The van der Waals surface area contributed by atoms with Crippen molar-refractivity contribution in [3.63, 3.8) is 0 Å². The van der Waals surface area contributed by atoms with E-state index in [4.69, 9.17) is 5.11 Å². The Hall–Kier alpha value is -1.92. The number of aliphatic hydroxyl groups excluding tert-OH is 1. The van der Waals surface area contributed by atoms with Gasteiger partial charge in [0.2, 0.25) is 0 Å². The van der Waals surface area contributed by atoms with Crippen molar-refractivity contribution in [1.82, 2.24) is 10.3 Å². The fourth-order valence-electron chi connectivity index (χ4n) is 2.25. The minimum absolute atomic E-state index is 0.0510. The van der Waals surface area contributed by atoms with E-state index in [0.717, 1.165) is 22.0 Å². The van der Waals surface area contributed by atoms with Crippen LogP contribution in [0.15, 0.2) is 23.6 Å². The van der Waals surface area contributed by atoms with Gasteiger partial charge >= 0.3 is 0 Å². The second-order valence-corrected chi connectivity index (χ2v) is 7.63. The van der Waals surface area contributed by atoms with Crippen molar-refractivity contribution in [3.8, 4) is 0 Å². The molecule has 0 aliphatic heterocycles. The first-order chi connectivity index (χ1) is 11.3. The lowest BCUT2D eigenvalue weighted by Gasteiger charge is -2.14. The van der Waals surface area contributed by atoms with Crippen LogP contribution in [0, 0.1) is 6.92 Å². The predicted molar refractivity (Wildman–Crippen MR) is 98.7 cm³/mol. The summed E-state index contributed by atoms with van der Waals surface area (Å²) in [5, 5.41) is 18.0. The Morgan fingerprint density at radius 1 is 1.33 bits per heavy atom. The fraction of sp³-hybridized carbons (Fsp3) is 0.444. The van der Waals surface area contributed by atoms with Gasteiger partial charge in [-0.3, -0.25) is 4.79 Å². The first-order valence-electron chi connectivity index (χ1n) is 8.00. The Morgan fingerprint density at radius 3 is 2.71 bits per heavy atom. The van der Waals surface area contributed by atoms with Gasteiger partial charge in [-0.05, 0) is 24.6 Å². The number of anilines is 1. The van der Waals surface area contributed by atoms with Gasteiger partial charge in [-0.25, -0.2) is 4.98 Å². The smallest absolute Gasteiger partial charge is 0.251 e. The normalized spacial score (nSPS) is 11.4. The zero-order chi connectivity index (χ0) is 17.7. The summed E-state index contributed by atoms with van der Waals surface area (Å²) in [4.78, 5) is 16.8. The van der Waals surface area contributed by atoms with E-state index in [9.17, 15) is 4.79 Å². The number of rotatable bonds is 6. The highest BCUT2D eigenvalue weighted by atomic mass is 32.1. The molecular formula is C18H25N3O2S. The molecule has 5 nitrogen and oxygen atoms in total. The van der Waals surface area contributed by atoms with Crippen LogP contribution in [0.25, 0.3) is 0 Å². The van der Waals surface area contributed by atoms with Crippen molar-refractivity contribution in [1.29, 1.82) is 0 Å². The number of carbonyl (C=O) groups is 1. The van der Waals surface area contributed by atoms with Gasteiger partial charge in [-0.15, -0.1) is 11.3 Å². The number of nitrogens with one attached hydrogen (secondary N) is 2. The molecule has 0 bridgehead atoms. The highest BCUT2D eigenvalue weighted by Gasteiger charge is 2.17. The summed E-state index contributed by atoms with van der Waals surface area (Å²) < 4.78 is 0. The van der Waals surface area contributed by atoms with Crippen LogP contribution in [0.2, 0.25) is 0 Å². The molecule has 0 radical (unpaired) electrons. The molecule has 1 amide bonds. The number of hydrogen-bond donors (Lipinski definition) is 3. The van der Waals surface area contributed by atoms with E-state index in [-0.39, 0.29) is 24.5 Å². The van der Waals surface area contributed by atoms with Crippen LogP contribution in [-0.2, 0) is 12.0 Å². The van der Waals surface area contributed by atoms with Gasteiger partial charge in [-0.2, -0.15) is 0 Å². The van der Waals surface area contributed by atoms with Crippen LogP contribution in [0.5, 0.6) is 0 Å². The van der Waals surface area contributed by atoms with Gasteiger partial charge in [0, 0.05) is 28.6 Å². The Bertz CT molecular complexity index is 705. The summed E-state index contributed by atoms with van der Waals surface area (Å²) in [5.41, 5.74) is 3.57. The van der Waals surface area contributed by atoms with Crippen LogP contribution in [0.4, 0.5) is 5.69 Å². The van der Waals surface area contributed by atoms with E-state index in [1.165, 1.54) is 0 Å². The molecule has 0 atom stereocenters. The zero-order valence-corrected chi connectivity index (χ0v) is 15.5. The summed E-state index contributed by atoms with van der Waals surface area (Å²) in [6.45, 7) is 9.18. The lowest BCUT2D eigenvalue weighted by atomic mass is 9.93. The molecule has 2 rings (SSSR count). The lowest BCUT2D eigenvalue weighted by molar-refractivity contribution is 0.0944. The number of nitrogens with zero attached hydrogens (tertiary/aromatic N) is 1. The standard InChI is InChI=1S/C18H25N3O2S/c1-12-13(17(23)19-8-9-22)6-5-7-14(12)20-10-16-21-15(11-24-16)18(2,3)4/h5-7,11,20,22H,8-10H2,1-4H3,(H,19,23). The molecule has 6 heteroatoms. The molecule has 0 aliphatic rings. The maximum absolute atomic E-state index is 12.1. The van der Waals surface area contributed by atoms with Crippen molar-refractivity contribution in [3.05, 3.63) is 45.4 Å². The molecule has 0 saturated carbocycles. The van der Waals surface area contributed by atoms with Gasteiger partial charge in [0.15, 0.2) is 0 Å². The molecule has 130 valence electrons. The van der Waals surface area contributed by atoms with Gasteiger partial charge in [-0.1, -0.05) is 26.8 Å². The highest BCUT2D eigenvalue weighted by Crippen LogP contribution is 2.25. The third-order valence-electron chi connectivity index (χ3n) is 3.73. The maximum atomic E-state index is 12.1. The number of aromatic nitrogens is 1. The van der Waals surface area contributed by atoms with Crippen molar-refractivity contribution in [2.75, 3.05) is 18.5 Å². The minimum Gasteiger partial charge on any atom is -0.395 e. The second kappa shape index (κ2) is 7.77. The number of thiazole rings is 1. The largest absolute Gasteiger partial charge is 0.395 e. The van der Waals surface area contributed by atoms with E-state index in [1.54, 1.807) is 17.4 Å². The van der Waals surface area contributed by atoms with Gasteiger partial charge in [0.1, 0.15) is 5.01 Å². The topological polar surface area (TPSA) is 74.2 Å². The predicted octanol–water partition coefficient (Wildman–Crippen LogP) is 3.08. The molecule has 0 spiro atoms. The van der Waals surface area contributed by atoms with E-state index in [0.29, 0.717) is 12.1 Å². The zero-order valence-electron chi connectivity index (χ0n) is 14.6. The molecule has 0 aliphatic carbocycles. The van der Waals surface area contributed by atoms with Crippen LogP contribution in [0.3, 0.4) is 0 Å². The average Bonchev–Trinajstić information content (AvgIpc) is 3.01.